The Balaban J connectivity index is 0.886. The summed E-state index contributed by atoms with van der Waals surface area (Å²) in [6.07, 6.45) is 0. The van der Waals surface area contributed by atoms with E-state index in [2.05, 4.69) is 320 Å². The number of hydrogen-bond donors (Lipinski definition) is 0. The summed E-state index contributed by atoms with van der Waals surface area (Å²) in [5.74, 6) is 0.922. The molecule has 18 rings (SSSR count). The first-order valence-corrected chi connectivity index (χ1v) is 29.6. The Morgan fingerprint density at radius 1 is 0.235 bits per heavy atom. The van der Waals surface area contributed by atoms with E-state index in [1.165, 1.54) is 122 Å². The van der Waals surface area contributed by atoms with E-state index in [4.69, 9.17) is 4.98 Å². The maximum atomic E-state index is 5.37. The van der Waals surface area contributed by atoms with Crippen LogP contribution in [0.1, 0.15) is 44.5 Å². The zero-order valence-electron chi connectivity index (χ0n) is 46.4. The molecular weight excluding hydrogens is 1020 g/mol. The van der Waals surface area contributed by atoms with Crippen molar-refractivity contribution in [2.24, 2.45) is 0 Å². The largest absolute Gasteiger partial charge is 0.292 e. The fourth-order valence-corrected chi connectivity index (χ4v) is 15.7. The number of fused-ring (bicyclic) bond motifs is 19. The first-order chi connectivity index (χ1) is 42.2. The van der Waals surface area contributed by atoms with Gasteiger partial charge in [-0.2, -0.15) is 0 Å². The SMILES string of the molecule is c1ccc(-c2c3ccc(-c4ccc5c(c4)nc(-c4ccccc4)n5-c4ccccc4)cc3c(-c3ccccc3)c3ccc(-c4ccc5c(c4)C4(c6ccccc6-c6ccccc64)c4ccccc4C54c5ccccc5-c5ccccc54)cc23)cc1. The topological polar surface area (TPSA) is 17.8 Å². The molecule has 0 fully saturated rings. The molecule has 0 amide bonds. The number of hydrogen-bond acceptors (Lipinski definition) is 1. The van der Waals surface area contributed by atoms with Crippen LogP contribution in [0.4, 0.5) is 0 Å². The Hall–Kier alpha value is -10.9. The molecule has 0 N–H and O–H groups in total. The molecule has 394 valence electrons. The summed E-state index contributed by atoms with van der Waals surface area (Å²) in [6, 6.07) is 118. The van der Waals surface area contributed by atoms with Crippen molar-refractivity contribution in [3.63, 3.8) is 0 Å². The van der Waals surface area contributed by atoms with Gasteiger partial charge in [-0.05, 0) is 175 Å². The summed E-state index contributed by atoms with van der Waals surface area (Å²) in [6.45, 7) is 0. The van der Waals surface area contributed by atoms with Gasteiger partial charge in [-0.3, -0.25) is 4.57 Å². The van der Waals surface area contributed by atoms with E-state index in [1.807, 2.05) is 0 Å². The van der Waals surface area contributed by atoms with Gasteiger partial charge in [0, 0.05) is 11.3 Å². The van der Waals surface area contributed by atoms with Gasteiger partial charge in [0.25, 0.3) is 0 Å². The molecule has 14 aromatic carbocycles. The van der Waals surface area contributed by atoms with Gasteiger partial charge in [-0.15, -0.1) is 0 Å². The Labute approximate surface area is 493 Å². The lowest BCUT2D eigenvalue weighted by molar-refractivity contribution is 0.633. The predicted molar refractivity (Wildman–Crippen MR) is 351 cm³/mol. The average Bonchev–Trinajstić information content (AvgIpc) is 1.59. The summed E-state index contributed by atoms with van der Waals surface area (Å²) in [4.78, 5) is 5.37. The molecule has 2 nitrogen and oxygen atoms in total. The molecule has 1 aromatic heterocycles. The maximum absolute atomic E-state index is 5.37. The first-order valence-electron chi connectivity index (χ1n) is 29.6. The third-order valence-corrected chi connectivity index (χ3v) is 19.1. The van der Waals surface area contributed by atoms with E-state index < -0.39 is 10.8 Å². The molecule has 2 spiro atoms. The zero-order valence-corrected chi connectivity index (χ0v) is 46.4. The smallest absolute Gasteiger partial charge is 0.145 e. The lowest BCUT2D eigenvalue weighted by Crippen LogP contribution is -2.43. The molecule has 0 radical (unpaired) electrons. The average molecular weight is 1080 g/mol. The summed E-state index contributed by atoms with van der Waals surface area (Å²) in [5, 5.41) is 4.84. The van der Waals surface area contributed by atoms with Gasteiger partial charge in [-0.1, -0.05) is 273 Å². The highest BCUT2D eigenvalue weighted by molar-refractivity contribution is 6.22. The molecule has 3 aliphatic carbocycles. The minimum atomic E-state index is -0.593. The van der Waals surface area contributed by atoms with Crippen molar-refractivity contribution in [2.45, 2.75) is 10.8 Å². The van der Waals surface area contributed by atoms with E-state index in [0.29, 0.717) is 0 Å². The van der Waals surface area contributed by atoms with E-state index in [-0.39, 0.29) is 0 Å². The second-order valence-corrected chi connectivity index (χ2v) is 23.2. The number of para-hydroxylation sites is 1. The summed E-state index contributed by atoms with van der Waals surface area (Å²) in [7, 11) is 0. The van der Waals surface area contributed by atoms with Crippen molar-refractivity contribution in [3.8, 4) is 83.8 Å². The number of aromatic nitrogens is 2. The molecular formula is C83H52N2. The van der Waals surface area contributed by atoms with Gasteiger partial charge in [0.2, 0.25) is 0 Å². The fourth-order valence-electron chi connectivity index (χ4n) is 15.7. The van der Waals surface area contributed by atoms with Crippen LogP contribution < -0.4 is 0 Å². The van der Waals surface area contributed by atoms with E-state index >= 15 is 0 Å². The highest BCUT2D eigenvalue weighted by Gasteiger charge is 2.59. The molecule has 15 aromatic rings. The van der Waals surface area contributed by atoms with Crippen LogP contribution in [0, 0.1) is 0 Å². The van der Waals surface area contributed by atoms with Gasteiger partial charge in [0.05, 0.1) is 21.9 Å². The van der Waals surface area contributed by atoms with Crippen molar-refractivity contribution in [1.82, 2.24) is 9.55 Å². The molecule has 0 atom stereocenters. The Morgan fingerprint density at radius 2 is 0.588 bits per heavy atom. The van der Waals surface area contributed by atoms with Crippen LogP contribution in [0.3, 0.4) is 0 Å². The van der Waals surface area contributed by atoms with Gasteiger partial charge in [0.1, 0.15) is 5.82 Å². The molecule has 0 saturated heterocycles. The molecule has 0 unspecified atom stereocenters. The Kier molecular flexibility index (Phi) is 10.3. The van der Waals surface area contributed by atoms with E-state index in [1.54, 1.807) is 0 Å². The van der Waals surface area contributed by atoms with Crippen molar-refractivity contribution in [3.05, 3.63) is 360 Å². The second-order valence-electron chi connectivity index (χ2n) is 23.2. The van der Waals surface area contributed by atoms with Crippen LogP contribution in [0.2, 0.25) is 0 Å². The lowest BCUT2D eigenvalue weighted by atomic mass is 9.52. The fraction of sp³-hybridized carbons (Fsp3) is 0.0241. The molecule has 0 aliphatic heterocycles. The van der Waals surface area contributed by atoms with Crippen LogP contribution in [0.15, 0.2) is 315 Å². The number of nitrogens with zero attached hydrogens (tertiary/aromatic N) is 2. The van der Waals surface area contributed by atoms with E-state index in [9.17, 15) is 0 Å². The van der Waals surface area contributed by atoms with Crippen molar-refractivity contribution >= 4 is 32.6 Å². The molecule has 2 heteroatoms. The molecule has 1 heterocycles. The van der Waals surface area contributed by atoms with Crippen molar-refractivity contribution in [1.29, 1.82) is 0 Å². The predicted octanol–water partition coefficient (Wildman–Crippen LogP) is 20.7. The third-order valence-electron chi connectivity index (χ3n) is 19.1. The number of rotatable bonds is 6. The highest BCUT2D eigenvalue weighted by Crippen LogP contribution is 2.67. The van der Waals surface area contributed by atoms with Crippen LogP contribution in [0.5, 0.6) is 0 Å². The highest BCUT2D eigenvalue weighted by atomic mass is 15.1. The van der Waals surface area contributed by atoms with Gasteiger partial charge >= 0.3 is 0 Å². The molecule has 3 aliphatic rings. The summed E-state index contributed by atoms with van der Waals surface area (Å²) < 4.78 is 2.28. The van der Waals surface area contributed by atoms with Crippen LogP contribution >= 0.6 is 0 Å². The van der Waals surface area contributed by atoms with E-state index in [0.717, 1.165) is 39.2 Å². The minimum absolute atomic E-state index is 0.553. The maximum Gasteiger partial charge on any atom is 0.145 e. The summed E-state index contributed by atoms with van der Waals surface area (Å²) >= 11 is 0. The van der Waals surface area contributed by atoms with Crippen molar-refractivity contribution < 1.29 is 0 Å². The molecule has 0 saturated carbocycles. The van der Waals surface area contributed by atoms with Crippen LogP contribution in [0.25, 0.3) is 116 Å². The Morgan fingerprint density at radius 3 is 1.07 bits per heavy atom. The standard InChI is InChI=1S/C83H52N2/c1-5-23-53(24-6-1)79-66-46-42-57(59-44-48-78-77(52-59)84-81(55-27-9-3-10-28-55)85(78)60-29-11-4-12-30-60)50-68(66)80(54-25-7-2-8-26-54)65-45-41-56(49-67(65)79)58-43-47-75-76(51-58)83(71-37-19-15-33-63(71)64-34-16-20-38-72(64)83)74-40-22-21-39-73(74)82(75)69-35-17-13-31-61(69)62-32-14-18-36-70(62)82/h1-52H. The normalized spacial score (nSPS) is 13.6. The molecule has 0 bridgehead atoms. The minimum Gasteiger partial charge on any atom is -0.292 e. The quantitative estimate of drug-likeness (QED) is 0.152. The van der Waals surface area contributed by atoms with Crippen molar-refractivity contribution in [2.75, 3.05) is 0 Å². The Bertz CT molecular complexity index is 5140. The van der Waals surface area contributed by atoms with Crippen LogP contribution in [-0.2, 0) is 10.8 Å². The zero-order chi connectivity index (χ0) is 55.8. The third kappa shape index (κ3) is 6.62. The van der Waals surface area contributed by atoms with Gasteiger partial charge < -0.3 is 0 Å². The first kappa shape index (κ1) is 47.7. The summed E-state index contributed by atoms with van der Waals surface area (Å²) in [5.41, 5.74) is 28.3. The monoisotopic (exact) mass is 1080 g/mol. The lowest BCUT2D eigenvalue weighted by Gasteiger charge is -2.49. The number of imidazole rings is 1. The van der Waals surface area contributed by atoms with Gasteiger partial charge in [-0.25, -0.2) is 4.98 Å². The van der Waals surface area contributed by atoms with Gasteiger partial charge in [0.15, 0.2) is 0 Å². The number of benzene rings is 14. The second kappa shape index (κ2) is 18.3. The molecule has 85 heavy (non-hydrogen) atoms. The van der Waals surface area contributed by atoms with Crippen LogP contribution in [-0.4, -0.2) is 9.55 Å².